The van der Waals surface area contributed by atoms with Crippen molar-refractivity contribution in [3.63, 3.8) is 0 Å². The molecular formula is C84H54N2S. The molecule has 1 aliphatic heterocycles. The Morgan fingerprint density at radius 2 is 1.01 bits per heavy atom. The van der Waals surface area contributed by atoms with Crippen molar-refractivity contribution in [1.82, 2.24) is 4.57 Å². The highest BCUT2D eigenvalue weighted by Gasteiger charge is 2.51. The van der Waals surface area contributed by atoms with Crippen LogP contribution in [0.15, 0.2) is 319 Å². The van der Waals surface area contributed by atoms with Crippen LogP contribution >= 0.6 is 11.8 Å². The molecule has 3 heteroatoms. The predicted molar refractivity (Wildman–Crippen MR) is 360 cm³/mol. The van der Waals surface area contributed by atoms with E-state index in [1.807, 2.05) is 17.8 Å². The third kappa shape index (κ3) is 7.20. The zero-order chi connectivity index (χ0) is 57.2. The monoisotopic (exact) mass is 1120 g/mol. The molecule has 1 spiro atoms. The molecule has 0 amide bonds. The number of hydrogen-bond donors (Lipinski definition) is 0. The van der Waals surface area contributed by atoms with Gasteiger partial charge in [-0.3, -0.25) is 0 Å². The molecule has 87 heavy (non-hydrogen) atoms. The van der Waals surface area contributed by atoms with Gasteiger partial charge in [0.2, 0.25) is 0 Å². The Bertz CT molecular complexity index is 5110. The fourth-order valence-electron chi connectivity index (χ4n) is 15.7. The lowest BCUT2D eigenvalue weighted by atomic mass is 9.66. The summed E-state index contributed by atoms with van der Waals surface area (Å²) in [5, 5.41) is 4.85. The number of rotatable bonds is 8. The van der Waals surface area contributed by atoms with Gasteiger partial charge in [-0.1, -0.05) is 242 Å². The molecule has 0 bridgehead atoms. The predicted octanol–water partition coefficient (Wildman–Crippen LogP) is 21.3. The van der Waals surface area contributed by atoms with Gasteiger partial charge in [0.1, 0.15) is 0 Å². The summed E-state index contributed by atoms with van der Waals surface area (Å²) in [7, 11) is 0. The van der Waals surface area contributed by atoms with Crippen molar-refractivity contribution >= 4 is 61.3 Å². The normalized spacial score (nSPS) is 14.5. The van der Waals surface area contributed by atoms with E-state index in [0.29, 0.717) is 0 Å². The Labute approximate surface area is 511 Å². The van der Waals surface area contributed by atoms with Crippen LogP contribution in [0.2, 0.25) is 0 Å². The van der Waals surface area contributed by atoms with Gasteiger partial charge in [0.15, 0.2) is 0 Å². The number of aromatic nitrogens is 1. The zero-order valence-corrected chi connectivity index (χ0v) is 48.4. The number of para-hydroxylation sites is 1. The lowest BCUT2D eigenvalue weighted by molar-refractivity contribution is 0.722. The van der Waals surface area contributed by atoms with Gasteiger partial charge >= 0.3 is 0 Å². The van der Waals surface area contributed by atoms with E-state index < -0.39 is 10.8 Å². The Morgan fingerprint density at radius 3 is 1.75 bits per heavy atom. The summed E-state index contributed by atoms with van der Waals surface area (Å²) in [5.41, 5.74) is 25.9. The van der Waals surface area contributed by atoms with Crippen LogP contribution in [0.3, 0.4) is 0 Å². The highest BCUT2D eigenvalue weighted by Crippen LogP contribution is 2.63. The van der Waals surface area contributed by atoms with Crippen molar-refractivity contribution in [3.8, 4) is 39.1 Å². The van der Waals surface area contributed by atoms with E-state index in [-0.39, 0.29) is 0 Å². The molecule has 0 saturated heterocycles. The first-order valence-electron chi connectivity index (χ1n) is 30.3. The molecule has 1 atom stereocenters. The van der Waals surface area contributed by atoms with Gasteiger partial charge in [0.05, 0.1) is 27.6 Å². The van der Waals surface area contributed by atoms with Crippen LogP contribution < -0.4 is 4.90 Å². The summed E-state index contributed by atoms with van der Waals surface area (Å²) >= 11 is 1.89. The molecule has 0 N–H and O–H groups in total. The van der Waals surface area contributed by atoms with Crippen LogP contribution in [0.1, 0.15) is 62.9 Å². The molecule has 1 unspecified atom stereocenters. The van der Waals surface area contributed by atoms with Crippen molar-refractivity contribution in [1.29, 1.82) is 0 Å². The molecule has 14 aromatic rings. The lowest BCUT2D eigenvalue weighted by Crippen LogP contribution is -2.31. The summed E-state index contributed by atoms with van der Waals surface area (Å²) in [4.78, 5) is 5.17. The summed E-state index contributed by atoms with van der Waals surface area (Å²) in [6.45, 7) is 0. The average molecular weight is 1120 g/mol. The maximum absolute atomic E-state index is 3.73. The van der Waals surface area contributed by atoms with Crippen LogP contribution in [0.5, 0.6) is 0 Å². The number of allylic oxidation sites excluding steroid dienone is 3. The van der Waals surface area contributed by atoms with Crippen molar-refractivity contribution in [2.45, 2.75) is 33.5 Å². The average Bonchev–Trinajstić information content (AvgIpc) is 1.63. The number of fused-ring (bicyclic) bond motifs is 16. The Kier molecular flexibility index (Phi) is 11.1. The van der Waals surface area contributed by atoms with Crippen LogP contribution in [0, 0.1) is 12.1 Å². The quantitative estimate of drug-likeness (QED) is 0.150. The number of benzene rings is 12. The first kappa shape index (κ1) is 49.8. The first-order valence-corrected chi connectivity index (χ1v) is 31.1. The van der Waals surface area contributed by atoms with Gasteiger partial charge < -0.3 is 9.47 Å². The Balaban J connectivity index is 0.841. The summed E-state index contributed by atoms with van der Waals surface area (Å²) in [6, 6.07) is 116. The maximum Gasteiger partial charge on any atom is 0.0798 e. The minimum absolute atomic E-state index is 0.460. The van der Waals surface area contributed by atoms with Crippen molar-refractivity contribution in [2.24, 2.45) is 0 Å². The van der Waals surface area contributed by atoms with Gasteiger partial charge in [-0.2, -0.15) is 0 Å². The van der Waals surface area contributed by atoms with Crippen molar-refractivity contribution in [3.05, 3.63) is 371 Å². The second-order valence-corrected chi connectivity index (χ2v) is 24.6. The largest absolute Gasteiger partial charge is 0.310 e. The topological polar surface area (TPSA) is 8.17 Å². The molecule has 0 saturated carbocycles. The molecule has 2 heterocycles. The molecule has 2 nitrogen and oxygen atoms in total. The molecule has 0 fully saturated rings. The maximum atomic E-state index is 3.73. The first-order chi connectivity index (χ1) is 43.2. The molecule has 4 aliphatic rings. The van der Waals surface area contributed by atoms with Gasteiger partial charge in [-0.25, -0.2) is 0 Å². The second kappa shape index (κ2) is 19.5. The third-order valence-corrected chi connectivity index (χ3v) is 20.4. The van der Waals surface area contributed by atoms with Gasteiger partial charge in [0.25, 0.3) is 0 Å². The van der Waals surface area contributed by atoms with E-state index in [0.717, 1.165) is 46.7 Å². The van der Waals surface area contributed by atoms with E-state index in [1.54, 1.807) is 0 Å². The lowest BCUT2D eigenvalue weighted by Gasteiger charge is -2.39. The van der Waals surface area contributed by atoms with E-state index >= 15 is 0 Å². The Hall–Kier alpha value is -10.6. The van der Waals surface area contributed by atoms with Crippen molar-refractivity contribution < 1.29 is 0 Å². The number of anilines is 2. The summed E-state index contributed by atoms with van der Waals surface area (Å²) in [5.74, 6) is 0. The molecular weight excluding hydrogens is 1070 g/mol. The summed E-state index contributed by atoms with van der Waals surface area (Å²) < 4.78 is 2.46. The Morgan fingerprint density at radius 1 is 0.425 bits per heavy atom. The SMILES string of the molecule is c1ccc2c(c#1)C(c1ccccc1)(c1ccccc1C1=CC(N(c3ccc(-c4ccc5c(c4)C4(c6ccccc6Sc6ccccc64)c4ccccc4-5)cc3)c3cccc4c3c3cc5ccccc5cc3n4-c3ccccc3)=CCC1)c1ccccc1-2. The summed E-state index contributed by atoms with van der Waals surface area (Å²) in [6.07, 6.45) is 6.72. The number of hydrogen-bond acceptors (Lipinski definition) is 2. The van der Waals surface area contributed by atoms with E-state index in [4.69, 9.17) is 0 Å². The standard InChI is InChI=1S/C84H54N2S/c1-3-26-60(27-4-1)83(71-36-14-10-32-65(71)66-33-11-15-37-72(66)83)70-35-13-9-31-64(70)59-25-21-30-63(51-59)85(77-41-22-42-78-82(77)69-52-56-23-7-8-24-57(56)54-79(69)86(78)61-28-5-2-6-29-61)62-48-45-55(46-49-62)58-47-50-68-67-34-12-16-38-73(67)84(76(68)53-58)74-39-17-19-43-80(74)87-81-44-20-18-40-75(81)84/h1-14,16-20,22-24,26-36,38-54H,21,25H2. The van der Waals surface area contributed by atoms with E-state index in [9.17, 15) is 0 Å². The van der Waals surface area contributed by atoms with Crippen LogP contribution in [0.25, 0.3) is 77.2 Å². The molecule has 0 radical (unpaired) electrons. The molecule has 406 valence electrons. The van der Waals surface area contributed by atoms with Crippen LogP contribution in [0.4, 0.5) is 11.4 Å². The zero-order valence-electron chi connectivity index (χ0n) is 47.6. The van der Waals surface area contributed by atoms with Gasteiger partial charge in [0, 0.05) is 43.2 Å². The van der Waals surface area contributed by atoms with Gasteiger partial charge in [-0.15, -0.1) is 0 Å². The smallest absolute Gasteiger partial charge is 0.0798 e. The highest BCUT2D eigenvalue weighted by atomic mass is 32.2. The molecule has 1 aromatic heterocycles. The fraction of sp³-hybridized carbons (Fsp3) is 0.0476. The number of nitrogens with zero attached hydrogens (tertiary/aromatic N) is 2. The van der Waals surface area contributed by atoms with Crippen LogP contribution in [-0.4, -0.2) is 4.57 Å². The minimum atomic E-state index is -0.629. The van der Waals surface area contributed by atoms with Crippen LogP contribution in [-0.2, 0) is 10.8 Å². The molecule has 3 aliphatic carbocycles. The highest BCUT2D eigenvalue weighted by molar-refractivity contribution is 7.99. The van der Waals surface area contributed by atoms with Crippen molar-refractivity contribution in [2.75, 3.05) is 4.90 Å². The molecule has 13 aromatic carbocycles. The fourth-order valence-corrected chi connectivity index (χ4v) is 16.9. The van der Waals surface area contributed by atoms with Gasteiger partial charge in [-0.05, 0) is 192 Å². The van der Waals surface area contributed by atoms with E-state index in [2.05, 4.69) is 319 Å². The minimum Gasteiger partial charge on any atom is -0.310 e. The second-order valence-electron chi connectivity index (χ2n) is 23.5. The third-order valence-electron chi connectivity index (χ3n) is 19.2. The molecule has 18 rings (SSSR count). The van der Waals surface area contributed by atoms with E-state index in [1.165, 1.54) is 120 Å².